The molecule has 1 heterocycles. The summed E-state index contributed by atoms with van der Waals surface area (Å²) in [6, 6.07) is 13.4. The Kier molecular flexibility index (Phi) is 6.31. The summed E-state index contributed by atoms with van der Waals surface area (Å²) in [5.41, 5.74) is 3.16. The summed E-state index contributed by atoms with van der Waals surface area (Å²) in [6.07, 6.45) is 0. The maximum absolute atomic E-state index is 12.5. The van der Waals surface area contributed by atoms with E-state index in [1.165, 1.54) is 11.3 Å². The SMILES string of the molecule is COc1cc(-c2nc(C(=O)Nc3ccc(C)cc3)cs2)ccc1OCC(C)C. The number of hydrogen-bond donors (Lipinski definition) is 1. The number of amides is 1. The standard InChI is InChI=1S/C22H24N2O3S/c1-14(2)12-27-19-10-7-16(11-20(19)26-4)22-24-18(13-28-22)21(25)23-17-8-5-15(3)6-9-17/h5-11,13-14H,12H2,1-4H3,(H,23,25). The lowest BCUT2D eigenvalue weighted by Crippen LogP contribution is -2.12. The number of carbonyl (C=O) groups excluding carboxylic acids is 1. The number of carbonyl (C=O) groups is 1. The molecule has 0 saturated carbocycles. The molecular weight excluding hydrogens is 372 g/mol. The van der Waals surface area contributed by atoms with Crippen molar-refractivity contribution in [3.63, 3.8) is 0 Å². The van der Waals surface area contributed by atoms with Crippen LogP contribution in [0.4, 0.5) is 5.69 Å². The molecule has 6 heteroatoms. The zero-order valence-corrected chi connectivity index (χ0v) is 17.3. The fraction of sp³-hybridized carbons (Fsp3) is 0.273. The summed E-state index contributed by atoms with van der Waals surface area (Å²) in [7, 11) is 1.61. The van der Waals surface area contributed by atoms with Gasteiger partial charge in [-0.1, -0.05) is 31.5 Å². The summed E-state index contributed by atoms with van der Waals surface area (Å²) < 4.78 is 11.2. The normalized spacial score (nSPS) is 10.8. The number of ether oxygens (including phenoxy) is 2. The molecule has 0 aliphatic rings. The van der Waals surface area contributed by atoms with E-state index in [0.717, 1.165) is 21.8 Å². The third kappa shape index (κ3) is 4.89. The second-order valence-electron chi connectivity index (χ2n) is 6.93. The van der Waals surface area contributed by atoms with E-state index in [9.17, 15) is 4.79 Å². The lowest BCUT2D eigenvalue weighted by Gasteiger charge is -2.13. The Morgan fingerprint density at radius 2 is 1.89 bits per heavy atom. The van der Waals surface area contributed by atoms with Crippen molar-refractivity contribution in [2.45, 2.75) is 20.8 Å². The second-order valence-corrected chi connectivity index (χ2v) is 7.79. The van der Waals surface area contributed by atoms with Crippen molar-refractivity contribution in [1.82, 2.24) is 4.98 Å². The highest BCUT2D eigenvalue weighted by atomic mass is 32.1. The molecule has 0 atom stereocenters. The molecule has 146 valence electrons. The zero-order chi connectivity index (χ0) is 20.1. The molecule has 3 aromatic rings. The maximum Gasteiger partial charge on any atom is 0.275 e. The van der Waals surface area contributed by atoms with Crippen LogP contribution >= 0.6 is 11.3 Å². The molecule has 0 radical (unpaired) electrons. The Morgan fingerprint density at radius 3 is 2.57 bits per heavy atom. The van der Waals surface area contributed by atoms with Crippen LogP contribution in [0.25, 0.3) is 10.6 Å². The van der Waals surface area contributed by atoms with Gasteiger partial charge in [0.1, 0.15) is 10.7 Å². The molecule has 2 aromatic carbocycles. The summed E-state index contributed by atoms with van der Waals surface area (Å²) in [5.74, 6) is 1.56. The van der Waals surface area contributed by atoms with Gasteiger partial charge in [-0.25, -0.2) is 4.98 Å². The van der Waals surface area contributed by atoms with Crippen LogP contribution in [0.1, 0.15) is 29.9 Å². The maximum atomic E-state index is 12.5. The Balaban J connectivity index is 1.75. The summed E-state index contributed by atoms with van der Waals surface area (Å²) in [5, 5.41) is 5.38. The van der Waals surface area contributed by atoms with Crippen molar-refractivity contribution >= 4 is 22.9 Å². The monoisotopic (exact) mass is 396 g/mol. The molecule has 1 N–H and O–H groups in total. The zero-order valence-electron chi connectivity index (χ0n) is 16.5. The van der Waals surface area contributed by atoms with E-state index in [1.807, 2.05) is 49.4 Å². The van der Waals surface area contributed by atoms with Gasteiger partial charge in [0.25, 0.3) is 5.91 Å². The first-order valence-corrected chi connectivity index (χ1v) is 9.99. The van der Waals surface area contributed by atoms with Crippen molar-refractivity contribution in [3.8, 4) is 22.1 Å². The smallest absolute Gasteiger partial charge is 0.275 e. The van der Waals surface area contributed by atoms with Crippen LogP contribution in [0.5, 0.6) is 11.5 Å². The quantitative estimate of drug-likeness (QED) is 0.580. The predicted octanol–water partition coefficient (Wildman–Crippen LogP) is 5.41. The van der Waals surface area contributed by atoms with E-state index in [0.29, 0.717) is 29.7 Å². The molecule has 0 spiro atoms. The first kappa shape index (κ1) is 19.9. The van der Waals surface area contributed by atoms with E-state index in [1.54, 1.807) is 12.5 Å². The Labute approximate surface area is 169 Å². The Morgan fingerprint density at radius 1 is 1.14 bits per heavy atom. The highest BCUT2D eigenvalue weighted by molar-refractivity contribution is 7.13. The van der Waals surface area contributed by atoms with Gasteiger partial charge in [0, 0.05) is 16.6 Å². The molecule has 28 heavy (non-hydrogen) atoms. The molecule has 1 amide bonds. The molecule has 0 bridgehead atoms. The Hall–Kier alpha value is -2.86. The minimum atomic E-state index is -0.227. The highest BCUT2D eigenvalue weighted by Crippen LogP contribution is 2.34. The summed E-state index contributed by atoms with van der Waals surface area (Å²) in [6.45, 7) is 6.82. The molecule has 5 nitrogen and oxygen atoms in total. The molecule has 3 rings (SSSR count). The van der Waals surface area contributed by atoms with Crippen molar-refractivity contribution < 1.29 is 14.3 Å². The third-order valence-corrected chi connectivity index (χ3v) is 4.92. The van der Waals surface area contributed by atoms with Crippen molar-refractivity contribution in [3.05, 3.63) is 59.1 Å². The van der Waals surface area contributed by atoms with E-state index in [-0.39, 0.29) is 5.91 Å². The number of methoxy groups -OCH3 is 1. The van der Waals surface area contributed by atoms with Gasteiger partial charge in [0.15, 0.2) is 11.5 Å². The van der Waals surface area contributed by atoms with Crippen LogP contribution in [0.3, 0.4) is 0 Å². The van der Waals surface area contributed by atoms with E-state index >= 15 is 0 Å². The first-order chi connectivity index (χ1) is 13.5. The summed E-state index contributed by atoms with van der Waals surface area (Å²) >= 11 is 1.42. The average molecular weight is 397 g/mol. The van der Waals surface area contributed by atoms with Gasteiger partial charge in [-0.3, -0.25) is 4.79 Å². The van der Waals surface area contributed by atoms with E-state index in [4.69, 9.17) is 9.47 Å². The van der Waals surface area contributed by atoms with Gasteiger partial charge >= 0.3 is 0 Å². The summed E-state index contributed by atoms with van der Waals surface area (Å²) in [4.78, 5) is 16.9. The van der Waals surface area contributed by atoms with Gasteiger partial charge in [-0.05, 0) is 43.2 Å². The first-order valence-electron chi connectivity index (χ1n) is 9.11. The molecule has 1 aromatic heterocycles. The number of hydrogen-bond acceptors (Lipinski definition) is 5. The number of benzene rings is 2. The molecular formula is C22H24N2O3S. The van der Waals surface area contributed by atoms with Crippen LogP contribution in [0.15, 0.2) is 47.8 Å². The molecule has 0 aliphatic heterocycles. The number of nitrogens with one attached hydrogen (secondary N) is 1. The lowest BCUT2D eigenvalue weighted by atomic mass is 10.2. The second kappa shape index (κ2) is 8.89. The number of anilines is 1. The minimum Gasteiger partial charge on any atom is -0.493 e. The number of rotatable bonds is 7. The topological polar surface area (TPSA) is 60.5 Å². The van der Waals surface area contributed by atoms with Crippen LogP contribution in [-0.4, -0.2) is 24.6 Å². The fourth-order valence-corrected chi connectivity index (χ4v) is 3.32. The highest BCUT2D eigenvalue weighted by Gasteiger charge is 2.14. The number of thiazole rings is 1. The van der Waals surface area contributed by atoms with Crippen LogP contribution < -0.4 is 14.8 Å². The molecule has 0 fully saturated rings. The fourth-order valence-electron chi connectivity index (χ4n) is 2.52. The van der Waals surface area contributed by atoms with E-state index in [2.05, 4.69) is 24.1 Å². The number of nitrogens with zero attached hydrogens (tertiary/aromatic N) is 1. The van der Waals surface area contributed by atoms with Gasteiger partial charge in [0.05, 0.1) is 13.7 Å². The average Bonchev–Trinajstić information content (AvgIpc) is 3.18. The van der Waals surface area contributed by atoms with Gasteiger partial charge in [-0.2, -0.15) is 0 Å². The molecule has 0 saturated heterocycles. The minimum absolute atomic E-state index is 0.227. The van der Waals surface area contributed by atoms with Crippen molar-refractivity contribution in [2.24, 2.45) is 5.92 Å². The van der Waals surface area contributed by atoms with Gasteiger partial charge in [-0.15, -0.1) is 11.3 Å². The van der Waals surface area contributed by atoms with Gasteiger partial charge < -0.3 is 14.8 Å². The third-order valence-electron chi connectivity index (χ3n) is 4.03. The molecule has 0 unspecified atom stereocenters. The van der Waals surface area contributed by atoms with Crippen molar-refractivity contribution in [2.75, 3.05) is 19.0 Å². The number of aryl methyl sites for hydroxylation is 1. The Bertz CT molecular complexity index is 949. The largest absolute Gasteiger partial charge is 0.493 e. The van der Waals surface area contributed by atoms with Crippen LogP contribution in [-0.2, 0) is 0 Å². The molecule has 0 aliphatic carbocycles. The lowest BCUT2D eigenvalue weighted by molar-refractivity contribution is 0.102. The predicted molar refractivity (Wildman–Crippen MR) is 114 cm³/mol. The van der Waals surface area contributed by atoms with Gasteiger partial charge in [0.2, 0.25) is 0 Å². The number of aromatic nitrogens is 1. The van der Waals surface area contributed by atoms with E-state index < -0.39 is 0 Å². The van der Waals surface area contributed by atoms with Crippen LogP contribution in [0, 0.1) is 12.8 Å². The van der Waals surface area contributed by atoms with Crippen molar-refractivity contribution in [1.29, 1.82) is 0 Å². The van der Waals surface area contributed by atoms with Crippen LogP contribution in [0.2, 0.25) is 0 Å².